The first-order valence-electron chi connectivity index (χ1n) is 5.29. The van der Waals surface area contributed by atoms with E-state index in [1.807, 2.05) is 12.3 Å². The Hall–Kier alpha value is -1.63. The Kier molecular flexibility index (Phi) is 2.82. The lowest BCUT2D eigenvalue weighted by molar-refractivity contribution is 0.836. The number of benzene rings is 1. The summed E-state index contributed by atoms with van der Waals surface area (Å²) in [5.74, 6) is 0.592. The summed E-state index contributed by atoms with van der Waals surface area (Å²) >= 11 is 0. The summed E-state index contributed by atoms with van der Waals surface area (Å²) in [6, 6.07) is 10.4. The summed E-state index contributed by atoms with van der Waals surface area (Å²) in [5.41, 5.74) is 2.29. The zero-order valence-electron chi connectivity index (χ0n) is 9.14. The van der Waals surface area contributed by atoms with Crippen LogP contribution in [0, 0.1) is 5.92 Å². The number of hydrogen-bond donors (Lipinski definition) is 0. The van der Waals surface area contributed by atoms with Crippen molar-refractivity contribution in [3.63, 3.8) is 0 Å². The van der Waals surface area contributed by atoms with E-state index in [4.69, 9.17) is 0 Å². The lowest BCUT2D eigenvalue weighted by Gasteiger charge is -1.99. The van der Waals surface area contributed by atoms with Crippen LogP contribution in [0.5, 0.6) is 0 Å². The summed E-state index contributed by atoms with van der Waals surface area (Å²) in [5, 5.41) is 1.20. The molecular weight excluding hydrogens is 182 g/mol. The zero-order chi connectivity index (χ0) is 10.7. The van der Waals surface area contributed by atoms with Gasteiger partial charge in [0.15, 0.2) is 0 Å². The number of fused-ring (bicyclic) bond motifs is 1. The lowest BCUT2D eigenvalue weighted by atomic mass is 10.1. The second kappa shape index (κ2) is 4.26. The van der Waals surface area contributed by atoms with Gasteiger partial charge in [0.05, 0.1) is 5.52 Å². The minimum absolute atomic E-state index is 0.592. The van der Waals surface area contributed by atoms with E-state index in [9.17, 15) is 0 Å². The maximum Gasteiger partial charge on any atom is 0.0702 e. The molecule has 1 aromatic heterocycles. The van der Waals surface area contributed by atoms with E-state index >= 15 is 0 Å². The summed E-state index contributed by atoms with van der Waals surface area (Å²) in [6.07, 6.45) is 6.20. The third kappa shape index (κ3) is 2.44. The fourth-order valence-electron chi connectivity index (χ4n) is 1.50. The number of nitrogens with zero attached hydrogens (tertiary/aromatic N) is 1. The molecule has 0 radical (unpaired) electrons. The number of hydrogen-bond acceptors (Lipinski definition) is 1. The molecule has 1 heteroatoms. The molecule has 0 saturated carbocycles. The van der Waals surface area contributed by atoms with E-state index in [-0.39, 0.29) is 0 Å². The van der Waals surface area contributed by atoms with E-state index in [2.05, 4.69) is 55.2 Å². The average Bonchev–Trinajstić information content (AvgIpc) is 2.26. The highest BCUT2D eigenvalue weighted by atomic mass is 14.6. The van der Waals surface area contributed by atoms with Crippen molar-refractivity contribution in [2.75, 3.05) is 0 Å². The van der Waals surface area contributed by atoms with Gasteiger partial charge in [-0.1, -0.05) is 38.1 Å². The molecule has 76 valence electrons. The van der Waals surface area contributed by atoms with Crippen LogP contribution < -0.4 is 0 Å². The molecule has 2 rings (SSSR count). The van der Waals surface area contributed by atoms with E-state index in [0.29, 0.717) is 5.92 Å². The van der Waals surface area contributed by atoms with E-state index in [0.717, 1.165) is 5.52 Å². The van der Waals surface area contributed by atoms with Gasteiger partial charge in [-0.2, -0.15) is 0 Å². The first-order chi connectivity index (χ1) is 7.25. The fourth-order valence-corrected chi connectivity index (χ4v) is 1.50. The number of aromatic nitrogens is 1. The van der Waals surface area contributed by atoms with Crippen LogP contribution in [0.3, 0.4) is 0 Å². The molecule has 0 atom stereocenters. The summed E-state index contributed by atoms with van der Waals surface area (Å²) < 4.78 is 0. The molecule has 0 aliphatic rings. The van der Waals surface area contributed by atoms with Gasteiger partial charge in [-0.25, -0.2) is 0 Å². The molecule has 0 spiro atoms. The van der Waals surface area contributed by atoms with Crippen molar-refractivity contribution in [1.82, 2.24) is 4.98 Å². The molecule has 0 fully saturated rings. The van der Waals surface area contributed by atoms with Crippen LogP contribution in [-0.2, 0) is 0 Å². The Bertz CT molecular complexity index is 483. The maximum absolute atomic E-state index is 4.29. The molecule has 0 amide bonds. The Morgan fingerprint density at radius 1 is 1.20 bits per heavy atom. The van der Waals surface area contributed by atoms with Crippen molar-refractivity contribution in [2.24, 2.45) is 5.92 Å². The molecule has 0 aliphatic heterocycles. The van der Waals surface area contributed by atoms with Gasteiger partial charge < -0.3 is 0 Å². The highest BCUT2D eigenvalue weighted by molar-refractivity contribution is 5.80. The smallest absolute Gasteiger partial charge is 0.0702 e. The molecule has 1 nitrogen and oxygen atoms in total. The molecule has 0 saturated heterocycles. The molecule has 1 aromatic carbocycles. The largest absolute Gasteiger partial charge is 0.256 e. The van der Waals surface area contributed by atoms with Gasteiger partial charge in [0, 0.05) is 11.6 Å². The first kappa shape index (κ1) is 9.91. The summed E-state index contributed by atoms with van der Waals surface area (Å²) in [4.78, 5) is 4.29. The zero-order valence-corrected chi connectivity index (χ0v) is 9.14. The Labute approximate surface area is 90.5 Å². The standard InChI is InChI=1S/C14H15N/c1-11(2)5-6-12-7-8-14-13(10-12)4-3-9-15-14/h3-11H,1-2H3/b6-5+. The minimum Gasteiger partial charge on any atom is -0.256 e. The normalized spacial score (nSPS) is 11.7. The van der Waals surface area contributed by atoms with Crippen molar-refractivity contribution in [2.45, 2.75) is 13.8 Å². The van der Waals surface area contributed by atoms with Gasteiger partial charge in [-0.15, -0.1) is 0 Å². The number of rotatable bonds is 2. The van der Waals surface area contributed by atoms with Gasteiger partial charge in [0.2, 0.25) is 0 Å². The molecular formula is C14H15N. The molecule has 0 N–H and O–H groups in total. The Morgan fingerprint density at radius 3 is 2.87 bits per heavy atom. The van der Waals surface area contributed by atoms with Crippen LogP contribution in [-0.4, -0.2) is 4.98 Å². The van der Waals surface area contributed by atoms with Crippen LogP contribution in [0.4, 0.5) is 0 Å². The van der Waals surface area contributed by atoms with Crippen molar-refractivity contribution in [3.05, 3.63) is 48.2 Å². The molecule has 15 heavy (non-hydrogen) atoms. The van der Waals surface area contributed by atoms with Crippen molar-refractivity contribution in [1.29, 1.82) is 0 Å². The van der Waals surface area contributed by atoms with Crippen LogP contribution in [0.25, 0.3) is 17.0 Å². The third-order valence-corrected chi connectivity index (χ3v) is 2.30. The molecule has 0 aliphatic carbocycles. The van der Waals surface area contributed by atoms with Crippen molar-refractivity contribution < 1.29 is 0 Å². The highest BCUT2D eigenvalue weighted by Crippen LogP contribution is 2.14. The van der Waals surface area contributed by atoms with Crippen LogP contribution in [0.2, 0.25) is 0 Å². The quantitative estimate of drug-likeness (QED) is 0.711. The monoisotopic (exact) mass is 197 g/mol. The van der Waals surface area contributed by atoms with Gasteiger partial charge >= 0.3 is 0 Å². The fraction of sp³-hybridized carbons (Fsp3) is 0.214. The lowest BCUT2D eigenvalue weighted by Crippen LogP contribution is -1.80. The van der Waals surface area contributed by atoms with Gasteiger partial charge in [0.25, 0.3) is 0 Å². The van der Waals surface area contributed by atoms with E-state index in [1.165, 1.54) is 10.9 Å². The topological polar surface area (TPSA) is 12.9 Å². The number of pyridine rings is 1. The second-order valence-electron chi connectivity index (χ2n) is 4.06. The van der Waals surface area contributed by atoms with Crippen LogP contribution in [0.1, 0.15) is 19.4 Å². The molecule has 2 aromatic rings. The molecule has 0 unspecified atom stereocenters. The Morgan fingerprint density at radius 2 is 2.07 bits per heavy atom. The van der Waals surface area contributed by atoms with Crippen molar-refractivity contribution >= 4 is 17.0 Å². The first-order valence-corrected chi connectivity index (χ1v) is 5.29. The average molecular weight is 197 g/mol. The molecule has 1 heterocycles. The highest BCUT2D eigenvalue weighted by Gasteiger charge is 1.94. The van der Waals surface area contributed by atoms with E-state index in [1.54, 1.807) is 0 Å². The van der Waals surface area contributed by atoms with E-state index < -0.39 is 0 Å². The van der Waals surface area contributed by atoms with Crippen LogP contribution >= 0.6 is 0 Å². The SMILES string of the molecule is CC(C)/C=C/c1ccc2ncccc2c1. The summed E-state index contributed by atoms with van der Waals surface area (Å²) in [6.45, 7) is 4.36. The minimum atomic E-state index is 0.592. The predicted octanol–water partition coefficient (Wildman–Crippen LogP) is 3.90. The number of allylic oxidation sites excluding steroid dienone is 1. The maximum atomic E-state index is 4.29. The third-order valence-electron chi connectivity index (χ3n) is 2.30. The summed E-state index contributed by atoms with van der Waals surface area (Å²) in [7, 11) is 0. The van der Waals surface area contributed by atoms with Gasteiger partial charge in [-0.05, 0) is 29.7 Å². The predicted molar refractivity (Wildman–Crippen MR) is 65.6 cm³/mol. The van der Waals surface area contributed by atoms with Crippen LogP contribution in [0.15, 0.2) is 42.6 Å². The van der Waals surface area contributed by atoms with Gasteiger partial charge in [-0.3, -0.25) is 4.98 Å². The Balaban J connectivity index is 2.39. The van der Waals surface area contributed by atoms with Crippen molar-refractivity contribution in [3.8, 4) is 0 Å². The molecule has 0 bridgehead atoms. The van der Waals surface area contributed by atoms with Gasteiger partial charge in [0.1, 0.15) is 0 Å². The second-order valence-corrected chi connectivity index (χ2v) is 4.06.